The summed E-state index contributed by atoms with van der Waals surface area (Å²) in [6.07, 6.45) is 4.37. The number of anilines is 2. The molecule has 8 heteroatoms. The van der Waals surface area contributed by atoms with E-state index < -0.39 is 15.9 Å². The van der Waals surface area contributed by atoms with Crippen LogP contribution in [0.2, 0.25) is 0 Å². The van der Waals surface area contributed by atoms with E-state index >= 15 is 0 Å². The average molecular weight is 354 g/mol. The number of hydrogen-bond donors (Lipinski definition) is 2. The van der Waals surface area contributed by atoms with Gasteiger partial charge in [-0.1, -0.05) is 24.3 Å². The molecule has 2 N–H and O–H groups in total. The molecule has 0 aliphatic rings. The number of carbonyl (C=O) groups excluding carboxylic acids is 1. The normalized spacial score (nSPS) is 10.9. The van der Waals surface area contributed by atoms with Crippen molar-refractivity contribution in [3.05, 3.63) is 78.8 Å². The van der Waals surface area contributed by atoms with E-state index in [1.54, 1.807) is 36.4 Å². The first-order valence-corrected chi connectivity index (χ1v) is 8.78. The molecule has 3 aromatic rings. The van der Waals surface area contributed by atoms with Gasteiger partial charge < -0.3 is 5.32 Å². The van der Waals surface area contributed by atoms with Gasteiger partial charge in [0, 0.05) is 23.6 Å². The van der Waals surface area contributed by atoms with Crippen LogP contribution in [0.25, 0.3) is 0 Å². The molecule has 126 valence electrons. The zero-order chi connectivity index (χ0) is 17.7. The maximum absolute atomic E-state index is 12.3. The molecular weight excluding hydrogens is 340 g/mol. The van der Waals surface area contributed by atoms with Crippen LogP contribution >= 0.6 is 0 Å². The topological polar surface area (TPSA) is 101 Å². The van der Waals surface area contributed by atoms with Gasteiger partial charge in [-0.3, -0.25) is 14.5 Å². The minimum absolute atomic E-state index is 0.143. The lowest BCUT2D eigenvalue weighted by Crippen LogP contribution is -2.15. The molecule has 0 bridgehead atoms. The number of nitrogens with one attached hydrogen (secondary N) is 2. The van der Waals surface area contributed by atoms with Crippen molar-refractivity contribution in [3.8, 4) is 0 Å². The van der Waals surface area contributed by atoms with Crippen molar-refractivity contribution in [1.82, 2.24) is 9.97 Å². The number of aromatic nitrogens is 2. The Kier molecular flexibility index (Phi) is 4.71. The van der Waals surface area contributed by atoms with Crippen LogP contribution in [-0.2, 0) is 10.0 Å². The molecule has 25 heavy (non-hydrogen) atoms. The van der Waals surface area contributed by atoms with Gasteiger partial charge in [0.2, 0.25) is 0 Å². The summed E-state index contributed by atoms with van der Waals surface area (Å²) in [5, 5.41) is 2.59. The van der Waals surface area contributed by atoms with E-state index in [1.165, 1.54) is 36.8 Å². The molecule has 7 nitrogen and oxygen atoms in total. The van der Waals surface area contributed by atoms with E-state index in [0.29, 0.717) is 11.4 Å². The second-order valence-electron chi connectivity index (χ2n) is 5.04. The standard InChI is InChI=1S/C17H14N4O3S/c22-17(20-16-12-18-9-10-19-16)13-5-4-6-14(11-13)21-25(23,24)15-7-2-1-3-8-15/h1-12,21H,(H,19,20,22). The van der Waals surface area contributed by atoms with E-state index in [1.807, 2.05) is 0 Å². The van der Waals surface area contributed by atoms with Crippen LogP contribution in [0.3, 0.4) is 0 Å². The minimum Gasteiger partial charge on any atom is -0.305 e. The van der Waals surface area contributed by atoms with Gasteiger partial charge in [0.25, 0.3) is 15.9 Å². The van der Waals surface area contributed by atoms with Crippen molar-refractivity contribution < 1.29 is 13.2 Å². The number of amides is 1. The van der Waals surface area contributed by atoms with E-state index in [4.69, 9.17) is 0 Å². The van der Waals surface area contributed by atoms with Crippen LogP contribution in [0, 0.1) is 0 Å². The molecule has 1 heterocycles. The van der Waals surface area contributed by atoms with Crippen LogP contribution in [0.4, 0.5) is 11.5 Å². The summed E-state index contributed by atoms with van der Waals surface area (Å²) in [5.74, 6) is -0.107. The Bertz CT molecular complexity index is 977. The Hall–Kier alpha value is -3.26. The summed E-state index contributed by atoms with van der Waals surface area (Å²) in [7, 11) is -3.72. The number of carbonyl (C=O) groups is 1. The molecule has 1 amide bonds. The fourth-order valence-corrected chi connectivity index (χ4v) is 3.16. The largest absolute Gasteiger partial charge is 0.305 e. The monoisotopic (exact) mass is 354 g/mol. The second-order valence-corrected chi connectivity index (χ2v) is 6.73. The fourth-order valence-electron chi connectivity index (χ4n) is 2.09. The summed E-state index contributed by atoms with van der Waals surface area (Å²) in [6, 6.07) is 14.2. The lowest BCUT2D eigenvalue weighted by molar-refractivity contribution is 0.102. The number of sulfonamides is 1. The maximum atomic E-state index is 12.3. The molecule has 0 aliphatic carbocycles. The predicted molar refractivity (Wildman–Crippen MR) is 93.7 cm³/mol. The third-order valence-corrected chi connectivity index (χ3v) is 4.63. The average Bonchev–Trinajstić information content (AvgIpc) is 2.63. The Morgan fingerprint density at radius 1 is 0.960 bits per heavy atom. The van der Waals surface area contributed by atoms with Crippen molar-refractivity contribution in [2.24, 2.45) is 0 Å². The van der Waals surface area contributed by atoms with Gasteiger partial charge in [-0.25, -0.2) is 13.4 Å². The summed E-state index contributed by atoms with van der Waals surface area (Å²) in [5.41, 5.74) is 0.578. The van der Waals surface area contributed by atoms with Crippen molar-refractivity contribution >= 4 is 27.4 Å². The van der Waals surface area contributed by atoms with Crippen molar-refractivity contribution in [3.63, 3.8) is 0 Å². The molecule has 1 aromatic heterocycles. The Morgan fingerprint density at radius 2 is 1.76 bits per heavy atom. The highest BCUT2D eigenvalue weighted by molar-refractivity contribution is 7.92. The molecule has 0 aliphatic heterocycles. The molecule has 0 saturated carbocycles. The molecule has 0 fully saturated rings. The third-order valence-electron chi connectivity index (χ3n) is 3.24. The first kappa shape index (κ1) is 16.6. The highest BCUT2D eigenvalue weighted by Gasteiger charge is 2.14. The van der Waals surface area contributed by atoms with Gasteiger partial charge in [0.15, 0.2) is 5.82 Å². The van der Waals surface area contributed by atoms with Crippen LogP contribution in [0.5, 0.6) is 0 Å². The zero-order valence-corrected chi connectivity index (χ0v) is 13.8. The molecule has 0 saturated heterocycles. The predicted octanol–water partition coefficient (Wildman–Crippen LogP) is 2.53. The van der Waals surface area contributed by atoms with Gasteiger partial charge in [0.05, 0.1) is 11.1 Å². The summed E-state index contributed by atoms with van der Waals surface area (Å²) < 4.78 is 27.1. The number of rotatable bonds is 5. The van der Waals surface area contributed by atoms with Crippen LogP contribution < -0.4 is 10.0 Å². The zero-order valence-electron chi connectivity index (χ0n) is 13.0. The van der Waals surface area contributed by atoms with E-state index in [0.717, 1.165) is 0 Å². The lowest BCUT2D eigenvalue weighted by Gasteiger charge is -2.09. The van der Waals surface area contributed by atoms with E-state index in [9.17, 15) is 13.2 Å². The molecule has 0 spiro atoms. The number of nitrogens with zero attached hydrogens (tertiary/aromatic N) is 2. The summed E-state index contributed by atoms with van der Waals surface area (Å²) in [6.45, 7) is 0. The van der Waals surface area contributed by atoms with Gasteiger partial charge >= 0.3 is 0 Å². The summed E-state index contributed by atoms with van der Waals surface area (Å²) in [4.78, 5) is 20.2. The molecule has 2 aromatic carbocycles. The second kappa shape index (κ2) is 7.10. The maximum Gasteiger partial charge on any atom is 0.261 e. The molecule has 3 rings (SSSR count). The molecule has 0 radical (unpaired) electrons. The molecule has 0 unspecified atom stereocenters. The van der Waals surface area contributed by atoms with Crippen LogP contribution in [0.15, 0.2) is 78.1 Å². The van der Waals surface area contributed by atoms with Crippen molar-refractivity contribution in [2.75, 3.05) is 10.0 Å². The third kappa shape index (κ3) is 4.18. The SMILES string of the molecule is O=C(Nc1cnccn1)c1cccc(NS(=O)(=O)c2ccccc2)c1. The van der Waals surface area contributed by atoms with Gasteiger partial charge in [-0.2, -0.15) is 0 Å². The van der Waals surface area contributed by atoms with Crippen LogP contribution in [-0.4, -0.2) is 24.3 Å². The quantitative estimate of drug-likeness (QED) is 0.733. The van der Waals surface area contributed by atoms with E-state index in [2.05, 4.69) is 20.0 Å². The summed E-state index contributed by atoms with van der Waals surface area (Å²) >= 11 is 0. The highest BCUT2D eigenvalue weighted by Crippen LogP contribution is 2.17. The molecular formula is C17H14N4O3S. The minimum atomic E-state index is -3.72. The first-order valence-electron chi connectivity index (χ1n) is 7.30. The highest BCUT2D eigenvalue weighted by atomic mass is 32.2. The number of benzene rings is 2. The Morgan fingerprint density at radius 3 is 2.48 bits per heavy atom. The first-order chi connectivity index (χ1) is 12.0. The fraction of sp³-hybridized carbons (Fsp3) is 0. The number of hydrogen-bond acceptors (Lipinski definition) is 5. The smallest absolute Gasteiger partial charge is 0.261 e. The van der Waals surface area contributed by atoms with Gasteiger partial charge in [0.1, 0.15) is 0 Å². The van der Waals surface area contributed by atoms with Gasteiger partial charge in [-0.15, -0.1) is 0 Å². The van der Waals surface area contributed by atoms with Gasteiger partial charge in [-0.05, 0) is 30.3 Å². The van der Waals surface area contributed by atoms with Crippen molar-refractivity contribution in [1.29, 1.82) is 0 Å². The van der Waals surface area contributed by atoms with E-state index in [-0.39, 0.29) is 10.6 Å². The molecule has 0 atom stereocenters. The lowest BCUT2D eigenvalue weighted by atomic mass is 10.2. The van der Waals surface area contributed by atoms with Crippen LogP contribution in [0.1, 0.15) is 10.4 Å². The Labute approximate surface area is 144 Å². The van der Waals surface area contributed by atoms with Crippen molar-refractivity contribution in [2.45, 2.75) is 4.90 Å². The Balaban J connectivity index is 1.79.